The van der Waals surface area contributed by atoms with Gasteiger partial charge in [-0.15, -0.1) is 11.3 Å². The van der Waals surface area contributed by atoms with E-state index in [4.69, 9.17) is 4.74 Å². The molecule has 0 saturated carbocycles. The molecule has 5 rings (SSSR count). The first kappa shape index (κ1) is 18.7. The molecule has 0 N–H and O–H groups in total. The van der Waals surface area contributed by atoms with E-state index in [-0.39, 0.29) is 24.3 Å². The van der Waals surface area contributed by atoms with Crippen molar-refractivity contribution in [3.8, 4) is 0 Å². The number of ether oxygens (including phenoxy) is 1. The summed E-state index contributed by atoms with van der Waals surface area (Å²) in [5, 5.41) is 0.439. The summed E-state index contributed by atoms with van der Waals surface area (Å²) >= 11 is 1.53. The minimum atomic E-state index is -0.596. The fourth-order valence-electron chi connectivity index (χ4n) is 3.77. The number of carbonyl (C=O) groups excluding carboxylic acids is 1. The van der Waals surface area contributed by atoms with Crippen LogP contribution in [0.3, 0.4) is 0 Å². The first-order chi connectivity index (χ1) is 14.6. The van der Waals surface area contributed by atoms with Gasteiger partial charge in [0.15, 0.2) is 4.96 Å². The van der Waals surface area contributed by atoms with Gasteiger partial charge in [-0.2, -0.15) is 0 Å². The van der Waals surface area contributed by atoms with E-state index in [1.807, 2.05) is 0 Å². The zero-order valence-corrected chi connectivity index (χ0v) is 16.9. The van der Waals surface area contributed by atoms with Gasteiger partial charge in [0.2, 0.25) is 0 Å². The number of benzene rings is 1. The molecule has 0 fully saturated rings. The number of nitrogens with zero attached hydrogens (tertiary/aromatic N) is 4. The second-order valence-corrected chi connectivity index (χ2v) is 8.30. The zero-order valence-electron chi connectivity index (χ0n) is 16.0. The monoisotopic (exact) mass is 422 g/mol. The molecule has 8 nitrogen and oxygen atoms in total. The van der Waals surface area contributed by atoms with E-state index < -0.39 is 5.97 Å². The lowest BCUT2D eigenvalue weighted by atomic mass is 10.0. The van der Waals surface area contributed by atoms with E-state index in [0.717, 1.165) is 31.4 Å². The molecule has 0 amide bonds. The average molecular weight is 422 g/mol. The molecule has 30 heavy (non-hydrogen) atoms. The van der Waals surface area contributed by atoms with Crippen LogP contribution >= 0.6 is 11.3 Å². The Labute approximate surface area is 174 Å². The lowest BCUT2D eigenvalue weighted by Crippen LogP contribution is -2.26. The van der Waals surface area contributed by atoms with Crippen molar-refractivity contribution in [2.45, 2.75) is 38.8 Å². The molecule has 1 aliphatic rings. The summed E-state index contributed by atoms with van der Waals surface area (Å²) in [4.78, 5) is 47.9. The molecule has 0 bridgehead atoms. The Morgan fingerprint density at radius 3 is 2.90 bits per heavy atom. The van der Waals surface area contributed by atoms with Gasteiger partial charge in [0.1, 0.15) is 13.2 Å². The van der Waals surface area contributed by atoms with Crippen LogP contribution in [0.15, 0.2) is 46.2 Å². The predicted molar refractivity (Wildman–Crippen MR) is 112 cm³/mol. The molecule has 0 unspecified atom stereocenters. The van der Waals surface area contributed by atoms with Crippen molar-refractivity contribution in [1.29, 1.82) is 0 Å². The van der Waals surface area contributed by atoms with Gasteiger partial charge < -0.3 is 4.74 Å². The molecule has 0 radical (unpaired) electrons. The molecule has 1 aliphatic carbocycles. The maximum Gasteiger partial charge on any atom is 0.326 e. The number of aryl methyl sites for hydroxylation is 2. The average Bonchev–Trinajstić information content (AvgIpc) is 3.13. The molecule has 0 atom stereocenters. The van der Waals surface area contributed by atoms with Crippen LogP contribution in [-0.2, 0) is 35.5 Å². The Morgan fingerprint density at radius 2 is 2.00 bits per heavy atom. The predicted octanol–water partition coefficient (Wildman–Crippen LogP) is 2.09. The summed E-state index contributed by atoms with van der Waals surface area (Å²) in [7, 11) is 0. The van der Waals surface area contributed by atoms with Crippen LogP contribution in [0.1, 0.15) is 29.1 Å². The Morgan fingerprint density at radius 1 is 1.17 bits per heavy atom. The van der Waals surface area contributed by atoms with Crippen LogP contribution in [0, 0.1) is 0 Å². The molecule has 0 aliphatic heterocycles. The second-order valence-electron chi connectivity index (χ2n) is 7.24. The van der Waals surface area contributed by atoms with Crippen LogP contribution in [0.5, 0.6) is 0 Å². The Bertz CT molecular complexity index is 1400. The van der Waals surface area contributed by atoms with Gasteiger partial charge in [-0.1, -0.05) is 12.1 Å². The lowest BCUT2D eigenvalue weighted by Gasteiger charge is -2.10. The van der Waals surface area contributed by atoms with Gasteiger partial charge in [0.05, 0.1) is 22.9 Å². The normalized spacial score (nSPS) is 13.5. The van der Waals surface area contributed by atoms with Crippen LogP contribution in [0.4, 0.5) is 0 Å². The molecular weight excluding hydrogens is 404 g/mol. The fraction of sp³-hybridized carbons (Fsp3) is 0.286. The highest BCUT2D eigenvalue weighted by Gasteiger charge is 2.19. The highest BCUT2D eigenvalue weighted by atomic mass is 32.1. The van der Waals surface area contributed by atoms with Crippen LogP contribution in [-0.4, -0.2) is 24.9 Å². The number of rotatable bonds is 4. The third-order valence-electron chi connectivity index (χ3n) is 5.23. The van der Waals surface area contributed by atoms with Crippen molar-refractivity contribution >= 4 is 33.2 Å². The van der Waals surface area contributed by atoms with Crippen molar-refractivity contribution in [3.63, 3.8) is 0 Å². The van der Waals surface area contributed by atoms with E-state index in [1.54, 1.807) is 28.7 Å². The largest absolute Gasteiger partial charge is 0.458 e. The third kappa shape index (κ3) is 3.30. The fourth-order valence-corrected chi connectivity index (χ4v) is 5.01. The molecule has 152 valence electrons. The quantitative estimate of drug-likeness (QED) is 0.468. The summed E-state index contributed by atoms with van der Waals surface area (Å²) in [5.74, 6) is -0.596. The first-order valence-electron chi connectivity index (χ1n) is 9.73. The lowest BCUT2D eigenvalue weighted by molar-refractivity contribution is -0.145. The van der Waals surface area contributed by atoms with Gasteiger partial charge in [-0.05, 0) is 37.8 Å². The Balaban J connectivity index is 1.33. The highest BCUT2D eigenvalue weighted by molar-refractivity contribution is 7.17. The molecule has 0 saturated heterocycles. The van der Waals surface area contributed by atoms with E-state index in [1.165, 1.54) is 33.2 Å². The van der Waals surface area contributed by atoms with Crippen molar-refractivity contribution in [2.75, 3.05) is 0 Å². The van der Waals surface area contributed by atoms with E-state index in [0.29, 0.717) is 21.6 Å². The van der Waals surface area contributed by atoms with Gasteiger partial charge >= 0.3 is 5.97 Å². The van der Waals surface area contributed by atoms with Gasteiger partial charge in [-0.3, -0.25) is 23.4 Å². The highest BCUT2D eigenvalue weighted by Crippen LogP contribution is 2.28. The smallest absolute Gasteiger partial charge is 0.326 e. The summed E-state index contributed by atoms with van der Waals surface area (Å²) in [6.45, 7) is -0.381. The molecule has 9 heteroatoms. The SMILES string of the molecule is O=C(Cn1cnc2ccccc2c1=O)OCc1cc(=O)n2c3c(sc2n1)CCCC3. The molecular formula is C21H18N4O4S. The number of fused-ring (bicyclic) bond motifs is 4. The minimum absolute atomic E-state index is 0.122. The topological polar surface area (TPSA) is 95.6 Å². The van der Waals surface area contributed by atoms with Crippen LogP contribution < -0.4 is 11.1 Å². The van der Waals surface area contributed by atoms with Crippen molar-refractivity contribution in [2.24, 2.45) is 0 Å². The van der Waals surface area contributed by atoms with Crippen LogP contribution in [0.2, 0.25) is 0 Å². The number of esters is 1. The number of hydrogen-bond acceptors (Lipinski definition) is 7. The molecule has 3 heterocycles. The summed E-state index contributed by atoms with van der Waals surface area (Å²) in [6.07, 6.45) is 5.40. The first-order valence-corrected chi connectivity index (χ1v) is 10.5. The minimum Gasteiger partial charge on any atom is -0.458 e. The summed E-state index contributed by atoms with van der Waals surface area (Å²) in [5.41, 5.74) is 1.57. The molecule has 4 aromatic rings. The molecule has 1 aromatic carbocycles. The zero-order chi connectivity index (χ0) is 20.7. The second kappa shape index (κ2) is 7.49. The number of hydrogen-bond donors (Lipinski definition) is 0. The number of para-hydroxylation sites is 1. The van der Waals surface area contributed by atoms with Crippen molar-refractivity contribution < 1.29 is 9.53 Å². The number of aromatic nitrogens is 4. The standard InChI is InChI=1S/C21H18N4O4S/c26-18-9-13(23-21-25(18)16-7-3-4-8-17(16)30-21)11-29-19(27)10-24-12-22-15-6-2-1-5-14(15)20(24)28/h1-2,5-6,9,12H,3-4,7-8,10-11H2. The number of thiazole rings is 1. The maximum atomic E-state index is 12.6. The summed E-state index contributed by atoms with van der Waals surface area (Å²) in [6, 6.07) is 8.36. The van der Waals surface area contributed by atoms with Crippen LogP contribution in [0.25, 0.3) is 15.9 Å². The van der Waals surface area contributed by atoms with E-state index in [2.05, 4.69) is 9.97 Å². The molecule has 3 aromatic heterocycles. The third-order valence-corrected chi connectivity index (χ3v) is 6.37. The maximum absolute atomic E-state index is 12.6. The van der Waals surface area contributed by atoms with Gasteiger partial charge in [-0.25, -0.2) is 9.97 Å². The van der Waals surface area contributed by atoms with E-state index >= 15 is 0 Å². The van der Waals surface area contributed by atoms with Crippen molar-refractivity contribution in [1.82, 2.24) is 18.9 Å². The Hall–Kier alpha value is -3.33. The Kier molecular flexibility index (Phi) is 4.66. The number of carbonyl (C=O) groups is 1. The van der Waals surface area contributed by atoms with Gasteiger partial charge in [0, 0.05) is 16.6 Å². The van der Waals surface area contributed by atoms with Crippen molar-refractivity contribution in [3.05, 3.63) is 73.6 Å². The molecule has 0 spiro atoms. The van der Waals surface area contributed by atoms with E-state index in [9.17, 15) is 14.4 Å². The summed E-state index contributed by atoms with van der Waals surface area (Å²) < 4.78 is 8.16. The van der Waals surface area contributed by atoms with Gasteiger partial charge in [0.25, 0.3) is 11.1 Å².